The highest BCUT2D eigenvalue weighted by molar-refractivity contribution is 6.27. The summed E-state index contributed by atoms with van der Waals surface area (Å²) >= 11 is 0. The smallest absolute Gasteiger partial charge is 0.263 e. The molecule has 3 rings (SSSR count). The van der Waals surface area contributed by atoms with E-state index in [2.05, 4.69) is 5.10 Å². The largest absolute Gasteiger partial charge is 0.298 e. The van der Waals surface area contributed by atoms with Gasteiger partial charge < -0.3 is 0 Å². The molecule has 1 heterocycles. The average Bonchev–Trinajstić information content (AvgIpc) is 2.85. The summed E-state index contributed by atoms with van der Waals surface area (Å²) in [7, 11) is 0. The zero-order chi connectivity index (χ0) is 17.3. The molecular weight excluding hydrogens is 307 g/mol. The number of hydrazone groups is 1. The van der Waals surface area contributed by atoms with Gasteiger partial charge in [0, 0.05) is 6.42 Å². The van der Waals surface area contributed by atoms with Gasteiger partial charge in [0.1, 0.15) is 11.7 Å². The Morgan fingerprint density at radius 2 is 1.71 bits per heavy atom. The SMILES string of the molecule is CC1=NN(c2ccc(C)cc2)C(=O)C1C(=O)Cc1ccc(F)cc1. The van der Waals surface area contributed by atoms with E-state index in [0.29, 0.717) is 17.0 Å². The number of amides is 1. The van der Waals surface area contributed by atoms with Crippen molar-refractivity contribution >= 4 is 23.1 Å². The number of rotatable bonds is 4. The summed E-state index contributed by atoms with van der Waals surface area (Å²) in [6.07, 6.45) is 0.0747. The Bertz CT molecular complexity index is 810. The normalized spacial score (nSPS) is 17.1. The minimum absolute atomic E-state index is 0.0747. The number of hydrogen-bond acceptors (Lipinski definition) is 3. The quantitative estimate of drug-likeness (QED) is 0.810. The lowest BCUT2D eigenvalue weighted by Crippen LogP contribution is -2.33. The predicted molar refractivity (Wildman–Crippen MR) is 90.4 cm³/mol. The third-order valence-electron chi connectivity index (χ3n) is 4.02. The topological polar surface area (TPSA) is 49.7 Å². The molecule has 4 nitrogen and oxygen atoms in total. The number of anilines is 1. The summed E-state index contributed by atoms with van der Waals surface area (Å²) in [4.78, 5) is 25.1. The highest BCUT2D eigenvalue weighted by atomic mass is 19.1. The fourth-order valence-corrected chi connectivity index (χ4v) is 2.71. The lowest BCUT2D eigenvalue weighted by molar-refractivity contribution is -0.128. The number of halogens is 1. The van der Waals surface area contributed by atoms with Gasteiger partial charge in [-0.25, -0.2) is 4.39 Å². The number of ketones is 1. The van der Waals surface area contributed by atoms with Crippen LogP contribution in [-0.2, 0) is 16.0 Å². The molecule has 1 aliphatic heterocycles. The van der Waals surface area contributed by atoms with Gasteiger partial charge in [0.05, 0.1) is 11.4 Å². The molecule has 0 aromatic heterocycles. The molecule has 0 bridgehead atoms. The molecule has 1 amide bonds. The second-order valence-corrected chi connectivity index (χ2v) is 5.93. The lowest BCUT2D eigenvalue weighted by Gasteiger charge is -2.14. The Kier molecular flexibility index (Phi) is 4.25. The monoisotopic (exact) mass is 324 g/mol. The van der Waals surface area contributed by atoms with Crippen LogP contribution in [0, 0.1) is 18.7 Å². The van der Waals surface area contributed by atoms with Crippen LogP contribution < -0.4 is 5.01 Å². The number of nitrogens with zero attached hydrogens (tertiary/aromatic N) is 2. The summed E-state index contributed by atoms with van der Waals surface area (Å²) in [5, 5.41) is 5.53. The molecule has 0 saturated carbocycles. The summed E-state index contributed by atoms with van der Waals surface area (Å²) in [6, 6.07) is 13.1. The van der Waals surface area contributed by atoms with E-state index in [9.17, 15) is 14.0 Å². The molecule has 0 spiro atoms. The molecule has 5 heteroatoms. The van der Waals surface area contributed by atoms with E-state index >= 15 is 0 Å². The first kappa shape index (κ1) is 16.1. The Morgan fingerprint density at radius 1 is 1.08 bits per heavy atom. The van der Waals surface area contributed by atoms with Gasteiger partial charge in [-0.3, -0.25) is 9.59 Å². The van der Waals surface area contributed by atoms with E-state index in [4.69, 9.17) is 0 Å². The number of Topliss-reactive ketones (excluding diaryl/α,β-unsaturated/α-hetero) is 1. The van der Waals surface area contributed by atoms with Crippen LogP contribution in [0.4, 0.5) is 10.1 Å². The van der Waals surface area contributed by atoms with Gasteiger partial charge in [0.15, 0.2) is 5.78 Å². The number of carbonyl (C=O) groups is 2. The Balaban J connectivity index is 1.78. The van der Waals surface area contributed by atoms with E-state index in [1.165, 1.54) is 17.1 Å². The van der Waals surface area contributed by atoms with Crippen LogP contribution in [0.1, 0.15) is 18.1 Å². The molecule has 2 aromatic rings. The molecule has 0 fully saturated rings. The van der Waals surface area contributed by atoms with Crippen molar-refractivity contribution in [3.63, 3.8) is 0 Å². The maximum absolute atomic E-state index is 13.0. The molecule has 0 radical (unpaired) electrons. The zero-order valence-electron chi connectivity index (χ0n) is 13.5. The van der Waals surface area contributed by atoms with Crippen molar-refractivity contribution < 1.29 is 14.0 Å². The summed E-state index contributed by atoms with van der Waals surface area (Å²) in [5.74, 6) is -1.81. The van der Waals surface area contributed by atoms with E-state index < -0.39 is 5.92 Å². The second-order valence-electron chi connectivity index (χ2n) is 5.93. The highest BCUT2D eigenvalue weighted by Gasteiger charge is 2.39. The number of aryl methyl sites for hydroxylation is 1. The summed E-state index contributed by atoms with van der Waals surface area (Å²) < 4.78 is 13.0. The number of hydrogen-bond donors (Lipinski definition) is 0. The Labute approximate surface area is 139 Å². The van der Waals surface area contributed by atoms with Crippen molar-refractivity contribution in [1.29, 1.82) is 0 Å². The van der Waals surface area contributed by atoms with E-state index in [1.807, 2.05) is 19.1 Å². The van der Waals surface area contributed by atoms with Gasteiger partial charge >= 0.3 is 0 Å². The number of benzene rings is 2. The van der Waals surface area contributed by atoms with Crippen molar-refractivity contribution in [3.05, 3.63) is 65.5 Å². The van der Waals surface area contributed by atoms with E-state index in [0.717, 1.165) is 5.56 Å². The fourth-order valence-electron chi connectivity index (χ4n) is 2.71. The van der Waals surface area contributed by atoms with Crippen molar-refractivity contribution in [3.8, 4) is 0 Å². The van der Waals surface area contributed by atoms with E-state index in [-0.39, 0.29) is 23.9 Å². The fraction of sp³-hybridized carbons (Fsp3) is 0.211. The molecular formula is C19H17FN2O2. The minimum atomic E-state index is -0.878. The van der Waals surface area contributed by atoms with Gasteiger partial charge in [-0.05, 0) is 43.7 Å². The third kappa shape index (κ3) is 3.11. The third-order valence-corrected chi connectivity index (χ3v) is 4.02. The van der Waals surface area contributed by atoms with Gasteiger partial charge in [0.25, 0.3) is 5.91 Å². The van der Waals surface area contributed by atoms with E-state index in [1.54, 1.807) is 31.2 Å². The Hall–Kier alpha value is -2.82. The van der Waals surface area contributed by atoms with Crippen LogP contribution in [0.15, 0.2) is 53.6 Å². The Morgan fingerprint density at radius 3 is 2.33 bits per heavy atom. The molecule has 0 aliphatic carbocycles. The molecule has 2 aromatic carbocycles. The first-order valence-corrected chi connectivity index (χ1v) is 7.68. The maximum atomic E-state index is 13.0. The molecule has 1 unspecified atom stereocenters. The second kappa shape index (κ2) is 6.35. The van der Waals surface area contributed by atoms with Crippen LogP contribution >= 0.6 is 0 Å². The summed E-state index contributed by atoms with van der Waals surface area (Å²) in [5.41, 5.74) is 2.88. The molecule has 0 saturated heterocycles. The molecule has 24 heavy (non-hydrogen) atoms. The predicted octanol–water partition coefficient (Wildman–Crippen LogP) is 3.28. The van der Waals surface area contributed by atoms with Crippen LogP contribution in [-0.4, -0.2) is 17.4 Å². The molecule has 122 valence electrons. The minimum Gasteiger partial charge on any atom is -0.298 e. The van der Waals surface area contributed by atoms with Crippen molar-refractivity contribution in [2.24, 2.45) is 11.0 Å². The first-order valence-electron chi connectivity index (χ1n) is 7.68. The van der Waals surface area contributed by atoms with Crippen LogP contribution in [0.5, 0.6) is 0 Å². The zero-order valence-corrected chi connectivity index (χ0v) is 13.5. The highest BCUT2D eigenvalue weighted by Crippen LogP contribution is 2.25. The molecule has 1 atom stereocenters. The van der Waals surface area contributed by atoms with Crippen molar-refractivity contribution in [2.45, 2.75) is 20.3 Å². The summed E-state index contributed by atoms with van der Waals surface area (Å²) in [6.45, 7) is 3.64. The van der Waals surface area contributed by atoms with Crippen molar-refractivity contribution in [2.75, 3.05) is 5.01 Å². The van der Waals surface area contributed by atoms with Crippen LogP contribution in [0.2, 0.25) is 0 Å². The number of carbonyl (C=O) groups excluding carboxylic acids is 2. The standard InChI is InChI=1S/C19H17FN2O2/c1-12-3-9-16(10-4-12)22-19(24)18(13(2)21-22)17(23)11-14-5-7-15(20)8-6-14/h3-10,18H,11H2,1-2H3. The van der Waals surface area contributed by atoms with Gasteiger partial charge in [-0.1, -0.05) is 29.8 Å². The first-order chi connectivity index (χ1) is 11.5. The molecule has 0 N–H and O–H groups in total. The van der Waals surface area contributed by atoms with Crippen LogP contribution in [0.25, 0.3) is 0 Å². The van der Waals surface area contributed by atoms with Crippen LogP contribution in [0.3, 0.4) is 0 Å². The lowest BCUT2D eigenvalue weighted by atomic mass is 9.94. The van der Waals surface area contributed by atoms with Crippen molar-refractivity contribution in [1.82, 2.24) is 0 Å². The van der Waals surface area contributed by atoms with Gasteiger partial charge in [-0.2, -0.15) is 10.1 Å². The molecule has 1 aliphatic rings. The average molecular weight is 324 g/mol. The van der Waals surface area contributed by atoms with Gasteiger partial charge in [-0.15, -0.1) is 0 Å². The van der Waals surface area contributed by atoms with Gasteiger partial charge in [0.2, 0.25) is 0 Å². The maximum Gasteiger partial charge on any atom is 0.263 e.